The Balaban J connectivity index is 2.10. The van der Waals surface area contributed by atoms with Gasteiger partial charge in [0, 0.05) is 12.1 Å². The van der Waals surface area contributed by atoms with Crippen LogP contribution in [-0.4, -0.2) is 17.6 Å². The molecule has 4 nitrogen and oxygen atoms in total. The number of thiazole rings is 1. The molecule has 1 amide bonds. The van der Waals surface area contributed by atoms with E-state index >= 15 is 0 Å². The monoisotopic (exact) mass is 366 g/mol. The van der Waals surface area contributed by atoms with Crippen LogP contribution in [0.4, 0.5) is 0 Å². The molecular weight excluding hydrogens is 355 g/mol. The fourth-order valence-corrected chi connectivity index (χ4v) is 3.69. The van der Waals surface area contributed by atoms with Crippen molar-refractivity contribution in [3.05, 3.63) is 56.8 Å². The zero-order chi connectivity index (χ0) is 16.6. The summed E-state index contributed by atoms with van der Waals surface area (Å²) in [6.45, 7) is 0. The molecular formula is C16H12Cl2N2O2S. The van der Waals surface area contributed by atoms with Gasteiger partial charge in [0.1, 0.15) is 5.75 Å². The normalized spacial score (nSPS) is 11.9. The first-order chi connectivity index (χ1) is 11.0. The Labute approximate surface area is 146 Å². The zero-order valence-electron chi connectivity index (χ0n) is 12.3. The first-order valence-electron chi connectivity index (χ1n) is 6.67. The zero-order valence-corrected chi connectivity index (χ0v) is 14.7. The lowest BCUT2D eigenvalue weighted by Gasteiger charge is -2.00. The van der Waals surface area contributed by atoms with E-state index < -0.39 is 5.91 Å². The second-order valence-corrected chi connectivity index (χ2v) is 6.67. The highest BCUT2D eigenvalue weighted by molar-refractivity contribution is 7.16. The molecule has 1 aromatic heterocycles. The number of hydrogen-bond acceptors (Lipinski definition) is 3. The van der Waals surface area contributed by atoms with Crippen LogP contribution in [0.3, 0.4) is 0 Å². The number of hydrogen-bond donors (Lipinski definition) is 0. The van der Waals surface area contributed by atoms with Gasteiger partial charge in [-0.25, -0.2) is 0 Å². The first kappa shape index (κ1) is 16.1. The molecule has 0 spiro atoms. The molecule has 0 atom stereocenters. The maximum Gasteiger partial charge on any atom is 0.281 e. The summed E-state index contributed by atoms with van der Waals surface area (Å²) in [5.41, 5.74) is 1.30. The topological polar surface area (TPSA) is 43.6 Å². The van der Waals surface area contributed by atoms with Gasteiger partial charge in [0.15, 0.2) is 4.80 Å². The Kier molecular flexibility index (Phi) is 4.43. The van der Waals surface area contributed by atoms with Crippen LogP contribution in [0.25, 0.3) is 10.2 Å². The number of nitrogens with zero attached hydrogens (tertiary/aromatic N) is 2. The van der Waals surface area contributed by atoms with Gasteiger partial charge in [0.05, 0.1) is 27.9 Å². The van der Waals surface area contributed by atoms with Crippen LogP contribution in [0.2, 0.25) is 10.0 Å². The van der Waals surface area contributed by atoms with Crippen LogP contribution < -0.4 is 9.54 Å². The van der Waals surface area contributed by atoms with Crippen molar-refractivity contribution in [1.29, 1.82) is 0 Å². The van der Waals surface area contributed by atoms with Crippen molar-refractivity contribution in [2.24, 2.45) is 12.0 Å². The standard InChI is InChI=1S/C16H12Cl2N2O2S/c1-20-13-6-4-10(22-2)8-14(13)23-16(20)19-15(21)11-5-3-9(17)7-12(11)18/h3-8H,1-2H3. The molecule has 0 bridgehead atoms. The summed E-state index contributed by atoms with van der Waals surface area (Å²) in [7, 11) is 3.48. The maximum absolute atomic E-state index is 12.4. The van der Waals surface area contributed by atoms with E-state index in [0.29, 0.717) is 15.4 Å². The van der Waals surface area contributed by atoms with Crippen molar-refractivity contribution >= 4 is 50.7 Å². The number of ether oxygens (including phenoxy) is 1. The molecule has 0 aliphatic heterocycles. The minimum atomic E-state index is -0.402. The van der Waals surface area contributed by atoms with Crippen molar-refractivity contribution < 1.29 is 9.53 Å². The summed E-state index contributed by atoms with van der Waals surface area (Å²) in [5.74, 6) is 0.360. The van der Waals surface area contributed by atoms with Gasteiger partial charge in [-0.3, -0.25) is 4.79 Å². The number of halogens is 2. The summed E-state index contributed by atoms with van der Waals surface area (Å²) in [6.07, 6.45) is 0. The largest absolute Gasteiger partial charge is 0.497 e. The lowest BCUT2D eigenvalue weighted by atomic mass is 10.2. The lowest BCUT2D eigenvalue weighted by molar-refractivity contribution is 0.0998. The van der Waals surface area contributed by atoms with Gasteiger partial charge in [0.25, 0.3) is 5.91 Å². The van der Waals surface area contributed by atoms with Crippen molar-refractivity contribution in [2.75, 3.05) is 7.11 Å². The molecule has 23 heavy (non-hydrogen) atoms. The predicted octanol–water partition coefficient (Wildman–Crippen LogP) is 4.30. The van der Waals surface area contributed by atoms with Crippen LogP contribution in [0, 0.1) is 0 Å². The van der Waals surface area contributed by atoms with E-state index in [-0.39, 0.29) is 5.02 Å². The lowest BCUT2D eigenvalue weighted by Crippen LogP contribution is -2.13. The minimum absolute atomic E-state index is 0.289. The molecule has 0 aliphatic rings. The Bertz CT molecular complexity index is 976. The van der Waals surface area contributed by atoms with E-state index in [4.69, 9.17) is 27.9 Å². The number of aryl methyl sites for hydroxylation is 1. The van der Waals surface area contributed by atoms with Crippen LogP contribution in [0.15, 0.2) is 41.4 Å². The summed E-state index contributed by atoms with van der Waals surface area (Å²) in [6, 6.07) is 10.4. The molecule has 0 saturated carbocycles. The molecule has 1 heterocycles. The van der Waals surface area contributed by atoms with Gasteiger partial charge in [-0.05, 0) is 36.4 Å². The van der Waals surface area contributed by atoms with Gasteiger partial charge < -0.3 is 9.30 Å². The average Bonchev–Trinajstić information content (AvgIpc) is 2.82. The SMILES string of the molecule is COc1ccc2c(c1)sc(=NC(=O)c1ccc(Cl)cc1Cl)n2C. The van der Waals surface area contributed by atoms with Crippen molar-refractivity contribution in [1.82, 2.24) is 4.57 Å². The fraction of sp³-hybridized carbons (Fsp3) is 0.125. The second-order valence-electron chi connectivity index (χ2n) is 4.82. The van der Waals surface area contributed by atoms with Crippen LogP contribution in [0.5, 0.6) is 5.75 Å². The number of aromatic nitrogens is 1. The Morgan fingerprint density at radius 3 is 2.70 bits per heavy atom. The Morgan fingerprint density at radius 1 is 1.22 bits per heavy atom. The van der Waals surface area contributed by atoms with E-state index in [1.165, 1.54) is 17.4 Å². The van der Waals surface area contributed by atoms with Crippen LogP contribution >= 0.6 is 34.5 Å². The van der Waals surface area contributed by atoms with Gasteiger partial charge >= 0.3 is 0 Å². The summed E-state index contributed by atoms with van der Waals surface area (Å²) >= 11 is 13.3. The molecule has 3 aromatic rings. The molecule has 0 unspecified atom stereocenters. The highest BCUT2D eigenvalue weighted by Gasteiger charge is 2.11. The number of carbonyl (C=O) groups excluding carboxylic acids is 1. The smallest absolute Gasteiger partial charge is 0.281 e. The van der Waals surface area contributed by atoms with Gasteiger partial charge in [-0.1, -0.05) is 34.5 Å². The van der Waals surface area contributed by atoms with Crippen LogP contribution in [-0.2, 0) is 7.05 Å². The van der Waals surface area contributed by atoms with E-state index in [0.717, 1.165) is 16.0 Å². The van der Waals surface area contributed by atoms with E-state index in [9.17, 15) is 4.79 Å². The third-order valence-corrected chi connectivity index (χ3v) is 5.02. The molecule has 2 aromatic carbocycles. The predicted molar refractivity (Wildman–Crippen MR) is 93.7 cm³/mol. The molecule has 0 fully saturated rings. The second kappa shape index (κ2) is 6.35. The molecule has 0 saturated heterocycles. The highest BCUT2D eigenvalue weighted by Crippen LogP contribution is 2.24. The minimum Gasteiger partial charge on any atom is -0.497 e. The average molecular weight is 367 g/mol. The maximum atomic E-state index is 12.4. The van der Waals surface area contributed by atoms with E-state index in [1.54, 1.807) is 19.2 Å². The number of fused-ring (bicyclic) bond motifs is 1. The summed E-state index contributed by atoms with van der Waals surface area (Å²) < 4.78 is 8.07. The molecule has 0 radical (unpaired) electrons. The third kappa shape index (κ3) is 3.13. The van der Waals surface area contributed by atoms with Crippen molar-refractivity contribution in [2.45, 2.75) is 0 Å². The van der Waals surface area contributed by atoms with E-state index in [1.807, 2.05) is 29.8 Å². The molecule has 118 valence electrons. The number of amides is 1. The summed E-state index contributed by atoms with van der Waals surface area (Å²) in [4.78, 5) is 17.1. The molecule has 7 heteroatoms. The summed E-state index contributed by atoms with van der Waals surface area (Å²) in [5, 5.41) is 0.766. The number of benzene rings is 2. The third-order valence-electron chi connectivity index (χ3n) is 3.38. The number of rotatable bonds is 2. The molecule has 3 rings (SSSR count). The van der Waals surface area contributed by atoms with Gasteiger partial charge in [-0.15, -0.1) is 0 Å². The fourth-order valence-electron chi connectivity index (χ4n) is 2.16. The Morgan fingerprint density at radius 2 is 2.00 bits per heavy atom. The first-order valence-corrected chi connectivity index (χ1v) is 8.24. The van der Waals surface area contributed by atoms with E-state index in [2.05, 4.69) is 4.99 Å². The van der Waals surface area contributed by atoms with Crippen LogP contribution in [0.1, 0.15) is 10.4 Å². The quantitative estimate of drug-likeness (QED) is 0.678. The number of carbonyl (C=O) groups is 1. The van der Waals surface area contributed by atoms with Gasteiger partial charge in [-0.2, -0.15) is 4.99 Å². The van der Waals surface area contributed by atoms with Gasteiger partial charge in [0.2, 0.25) is 0 Å². The van der Waals surface area contributed by atoms with Crippen molar-refractivity contribution in [3.63, 3.8) is 0 Å². The molecule has 0 N–H and O–H groups in total. The molecule has 0 aliphatic carbocycles. The Hall–Kier alpha value is -1.82. The highest BCUT2D eigenvalue weighted by atomic mass is 35.5. The van der Waals surface area contributed by atoms with Crippen molar-refractivity contribution in [3.8, 4) is 5.75 Å². The number of methoxy groups -OCH3 is 1.